The number of rotatable bonds is 7. The maximum absolute atomic E-state index is 10.7. The molecular weight excluding hydrogens is 384 g/mol. The van der Waals surface area contributed by atoms with Crippen molar-refractivity contribution in [1.82, 2.24) is 0 Å². The molecule has 0 saturated heterocycles. The van der Waals surface area contributed by atoms with Crippen LogP contribution in [0.25, 0.3) is 0 Å². The summed E-state index contributed by atoms with van der Waals surface area (Å²) in [5.41, 5.74) is 1.60. The summed E-state index contributed by atoms with van der Waals surface area (Å²) in [4.78, 5) is 0. The molecule has 0 unspecified atom stereocenters. The van der Waals surface area contributed by atoms with E-state index in [1.165, 1.54) is 6.92 Å². The lowest BCUT2D eigenvalue weighted by molar-refractivity contribution is -0.0408. The molecule has 0 aliphatic rings. The Labute approximate surface area is 178 Å². The van der Waals surface area contributed by atoms with Crippen molar-refractivity contribution in [3.63, 3.8) is 0 Å². The monoisotopic (exact) mass is 414 g/mol. The van der Waals surface area contributed by atoms with Gasteiger partial charge in [0.1, 0.15) is 35.7 Å². The van der Waals surface area contributed by atoms with Gasteiger partial charge in [0.05, 0.1) is 26.9 Å². The second-order valence-electron chi connectivity index (χ2n) is 7.22. The topological polar surface area (TPSA) is 77.4 Å². The summed E-state index contributed by atoms with van der Waals surface area (Å²) in [6, 6.07) is 6.95. The van der Waals surface area contributed by atoms with E-state index in [0.717, 1.165) is 22.4 Å². The molecule has 0 saturated carbocycles. The fourth-order valence-electron chi connectivity index (χ4n) is 3.09. The molecule has 0 amide bonds. The van der Waals surface area contributed by atoms with E-state index in [-0.39, 0.29) is 6.61 Å². The lowest BCUT2D eigenvalue weighted by Gasteiger charge is -2.24. The Morgan fingerprint density at radius 1 is 0.867 bits per heavy atom. The van der Waals surface area contributed by atoms with Gasteiger partial charge in [-0.2, -0.15) is 0 Å². The normalized spacial score (nSPS) is 13.5. The fraction of sp³-hybridized carbons (Fsp3) is 0.417. The van der Waals surface area contributed by atoms with Gasteiger partial charge in [0.15, 0.2) is 5.60 Å². The number of ether oxygens (including phenoxy) is 4. The summed E-state index contributed by atoms with van der Waals surface area (Å²) >= 11 is 0. The predicted octanol–water partition coefficient (Wildman–Crippen LogP) is 3.18. The Morgan fingerprint density at radius 3 is 1.93 bits per heavy atom. The van der Waals surface area contributed by atoms with E-state index in [1.807, 2.05) is 20.8 Å². The molecular formula is C24H30O6. The number of aliphatic hydroxyl groups excluding tert-OH is 1. The largest absolute Gasteiger partial charge is 0.497 e. The molecule has 2 aromatic carbocycles. The van der Waals surface area contributed by atoms with Gasteiger partial charge < -0.3 is 29.2 Å². The minimum absolute atomic E-state index is 0.125. The molecule has 2 rings (SSSR count). The van der Waals surface area contributed by atoms with Gasteiger partial charge >= 0.3 is 0 Å². The van der Waals surface area contributed by atoms with Gasteiger partial charge in [-0.25, -0.2) is 0 Å². The summed E-state index contributed by atoms with van der Waals surface area (Å²) in [5.74, 6) is 8.34. The second kappa shape index (κ2) is 9.75. The van der Waals surface area contributed by atoms with Gasteiger partial charge in [0.2, 0.25) is 0 Å². The van der Waals surface area contributed by atoms with E-state index in [0.29, 0.717) is 22.8 Å². The average Bonchev–Trinajstić information content (AvgIpc) is 2.74. The third-order valence-electron chi connectivity index (χ3n) is 5.15. The van der Waals surface area contributed by atoms with Crippen molar-refractivity contribution >= 4 is 0 Å². The summed E-state index contributed by atoms with van der Waals surface area (Å²) in [6.07, 6.45) is -1.23. The highest BCUT2D eigenvalue weighted by molar-refractivity contribution is 5.63. The highest BCUT2D eigenvalue weighted by atomic mass is 16.5. The molecule has 0 aromatic heterocycles. The van der Waals surface area contributed by atoms with E-state index < -0.39 is 11.7 Å². The first-order chi connectivity index (χ1) is 14.2. The third kappa shape index (κ3) is 4.99. The third-order valence-corrected chi connectivity index (χ3v) is 5.15. The van der Waals surface area contributed by atoms with Crippen LogP contribution in [0.15, 0.2) is 24.3 Å². The van der Waals surface area contributed by atoms with E-state index in [1.54, 1.807) is 45.6 Å². The van der Waals surface area contributed by atoms with Crippen molar-refractivity contribution in [2.24, 2.45) is 0 Å². The SMILES string of the molecule is COc1ccc(OC[C@H](O)[C@](C)(O)C#Cc2c(C)c(OC)c(C)c(C)c2OC)cc1. The van der Waals surface area contributed by atoms with E-state index >= 15 is 0 Å². The number of aliphatic hydroxyl groups is 2. The molecule has 0 heterocycles. The van der Waals surface area contributed by atoms with Crippen molar-refractivity contribution < 1.29 is 29.2 Å². The molecule has 2 N–H and O–H groups in total. The Kier molecular flexibility index (Phi) is 7.60. The van der Waals surface area contributed by atoms with Gasteiger partial charge in [-0.1, -0.05) is 11.8 Å². The lowest BCUT2D eigenvalue weighted by atomic mass is 9.95. The summed E-state index contributed by atoms with van der Waals surface area (Å²) in [6.45, 7) is 7.09. The first-order valence-electron chi connectivity index (χ1n) is 9.58. The molecule has 0 fully saturated rings. The first-order valence-corrected chi connectivity index (χ1v) is 9.58. The van der Waals surface area contributed by atoms with Gasteiger partial charge in [-0.05, 0) is 63.1 Å². The first kappa shape index (κ1) is 23.4. The fourth-order valence-corrected chi connectivity index (χ4v) is 3.09. The Bertz CT molecular complexity index is 935. The van der Waals surface area contributed by atoms with Crippen LogP contribution in [0.5, 0.6) is 23.0 Å². The van der Waals surface area contributed by atoms with Crippen LogP contribution < -0.4 is 18.9 Å². The van der Waals surface area contributed by atoms with Crippen LogP contribution in [0.4, 0.5) is 0 Å². The van der Waals surface area contributed by atoms with Gasteiger partial charge in [-0.15, -0.1) is 0 Å². The zero-order valence-corrected chi connectivity index (χ0v) is 18.6. The van der Waals surface area contributed by atoms with Gasteiger partial charge in [0, 0.05) is 5.56 Å². The Hall–Kier alpha value is -2.88. The van der Waals surface area contributed by atoms with Crippen LogP contribution >= 0.6 is 0 Å². The standard InChI is InChI=1S/C24H30O6/c1-15-16(2)23(29-7)20(17(3)22(15)28-6)12-13-24(4,26)21(25)14-30-19-10-8-18(27-5)9-11-19/h8-11,21,25-26H,14H2,1-7H3/t21-,24+/m0/s1. The van der Waals surface area contributed by atoms with Crippen LogP contribution in [0.3, 0.4) is 0 Å². The molecule has 2 aromatic rings. The van der Waals surface area contributed by atoms with Crippen LogP contribution in [0.2, 0.25) is 0 Å². The van der Waals surface area contributed by atoms with Crippen molar-refractivity contribution in [2.45, 2.75) is 39.4 Å². The molecule has 0 aliphatic carbocycles. The number of hydrogen-bond acceptors (Lipinski definition) is 6. The van der Waals surface area contributed by atoms with Crippen LogP contribution in [0, 0.1) is 32.6 Å². The maximum Gasteiger partial charge on any atom is 0.152 e. The van der Waals surface area contributed by atoms with Crippen molar-refractivity contribution in [3.05, 3.63) is 46.5 Å². The Balaban J connectivity index is 2.25. The smallest absolute Gasteiger partial charge is 0.152 e. The summed E-state index contributed by atoms with van der Waals surface area (Å²) in [7, 11) is 4.76. The van der Waals surface area contributed by atoms with Crippen molar-refractivity contribution in [2.75, 3.05) is 27.9 Å². The lowest BCUT2D eigenvalue weighted by Crippen LogP contribution is -2.41. The van der Waals surface area contributed by atoms with E-state index in [9.17, 15) is 10.2 Å². The van der Waals surface area contributed by atoms with Crippen LogP contribution in [0.1, 0.15) is 29.2 Å². The Morgan fingerprint density at radius 2 is 1.40 bits per heavy atom. The average molecular weight is 414 g/mol. The molecule has 0 spiro atoms. The minimum Gasteiger partial charge on any atom is -0.497 e. The summed E-state index contributed by atoms with van der Waals surface area (Å²) in [5, 5.41) is 21.2. The van der Waals surface area contributed by atoms with Gasteiger partial charge in [0.25, 0.3) is 0 Å². The highest BCUT2D eigenvalue weighted by Gasteiger charge is 2.29. The maximum atomic E-state index is 10.7. The number of hydrogen-bond donors (Lipinski definition) is 2. The molecule has 162 valence electrons. The second-order valence-corrected chi connectivity index (χ2v) is 7.22. The molecule has 6 nitrogen and oxygen atoms in total. The van der Waals surface area contributed by atoms with Crippen LogP contribution in [-0.2, 0) is 0 Å². The predicted molar refractivity (Wildman–Crippen MR) is 116 cm³/mol. The molecule has 0 bridgehead atoms. The quantitative estimate of drug-likeness (QED) is 0.678. The molecule has 0 aliphatic heterocycles. The zero-order chi connectivity index (χ0) is 22.5. The summed E-state index contributed by atoms with van der Waals surface area (Å²) < 4.78 is 21.7. The number of benzene rings is 2. The van der Waals surface area contributed by atoms with Crippen LogP contribution in [-0.4, -0.2) is 49.9 Å². The number of methoxy groups -OCH3 is 3. The van der Waals surface area contributed by atoms with Crippen molar-refractivity contribution in [3.8, 4) is 34.8 Å². The van der Waals surface area contributed by atoms with E-state index in [2.05, 4.69) is 11.8 Å². The molecule has 0 radical (unpaired) electrons. The molecule has 6 heteroatoms. The molecule has 30 heavy (non-hydrogen) atoms. The van der Waals surface area contributed by atoms with Gasteiger partial charge in [-0.3, -0.25) is 0 Å². The highest BCUT2D eigenvalue weighted by Crippen LogP contribution is 2.37. The minimum atomic E-state index is -1.70. The molecule has 2 atom stereocenters. The van der Waals surface area contributed by atoms with E-state index in [4.69, 9.17) is 18.9 Å². The zero-order valence-electron chi connectivity index (χ0n) is 18.6. The van der Waals surface area contributed by atoms with Crippen molar-refractivity contribution in [1.29, 1.82) is 0 Å².